The van der Waals surface area contributed by atoms with E-state index in [0.29, 0.717) is 0 Å². The van der Waals surface area contributed by atoms with Crippen molar-refractivity contribution in [1.82, 2.24) is 0 Å². The van der Waals surface area contributed by atoms with E-state index in [0.717, 1.165) is 12.2 Å². The highest BCUT2D eigenvalue weighted by atomic mass is 35.5. The fraction of sp³-hybridized carbons (Fsp3) is 0.571. The maximum absolute atomic E-state index is 6.08. The molecule has 0 heterocycles. The van der Waals surface area contributed by atoms with E-state index in [4.69, 9.17) is 21.1 Å². The van der Waals surface area contributed by atoms with Crippen molar-refractivity contribution in [2.45, 2.75) is 44.8 Å². The molecule has 3 atom stereocenters. The monoisotopic (exact) mass is 254 g/mol. The van der Waals surface area contributed by atoms with Crippen molar-refractivity contribution >= 4 is 11.6 Å². The summed E-state index contributed by atoms with van der Waals surface area (Å²) in [5, 5.41) is 0.0797. The lowest BCUT2D eigenvalue weighted by molar-refractivity contribution is -0.0588. The summed E-state index contributed by atoms with van der Waals surface area (Å²) in [6.45, 7) is 6.25. The Hall–Kier alpha value is -0.730. The number of halogens is 1. The van der Waals surface area contributed by atoms with Gasteiger partial charge in [-0.1, -0.05) is 17.7 Å². The summed E-state index contributed by atoms with van der Waals surface area (Å²) in [6.07, 6.45) is 0.951. The second-order valence-corrected chi connectivity index (χ2v) is 5.40. The highest BCUT2D eigenvalue weighted by molar-refractivity contribution is 6.21. The van der Waals surface area contributed by atoms with E-state index in [2.05, 4.69) is 32.9 Å². The lowest BCUT2D eigenvalue weighted by atomic mass is 9.90. The second kappa shape index (κ2) is 4.87. The molecule has 0 aliphatic heterocycles. The van der Waals surface area contributed by atoms with Crippen LogP contribution in [0.1, 0.15) is 23.1 Å². The molecule has 17 heavy (non-hydrogen) atoms. The Morgan fingerprint density at radius 1 is 1.18 bits per heavy atom. The molecule has 0 amide bonds. The third kappa shape index (κ3) is 2.43. The first kappa shape index (κ1) is 12.7. The average Bonchev–Trinajstić information content (AvgIpc) is 2.21. The Morgan fingerprint density at radius 3 is 2.24 bits per heavy atom. The zero-order chi connectivity index (χ0) is 12.6. The number of aryl methyl sites for hydroxylation is 3. The Kier molecular flexibility index (Phi) is 3.64. The zero-order valence-corrected chi connectivity index (χ0v) is 11.5. The largest absolute Gasteiger partial charge is 0.487 e. The average molecular weight is 255 g/mol. The van der Waals surface area contributed by atoms with Gasteiger partial charge >= 0.3 is 0 Å². The molecule has 1 saturated carbocycles. The smallest absolute Gasteiger partial charge is 0.128 e. The molecule has 3 heteroatoms. The molecule has 0 spiro atoms. The Morgan fingerprint density at radius 2 is 1.76 bits per heavy atom. The number of ether oxygens (including phenoxy) is 2. The topological polar surface area (TPSA) is 18.5 Å². The Bertz CT molecular complexity index is 394. The van der Waals surface area contributed by atoms with Gasteiger partial charge in [0.25, 0.3) is 0 Å². The van der Waals surface area contributed by atoms with Gasteiger partial charge in [-0.05, 0) is 31.9 Å². The van der Waals surface area contributed by atoms with Gasteiger partial charge in [-0.15, -0.1) is 11.6 Å². The molecule has 1 aromatic carbocycles. The summed E-state index contributed by atoms with van der Waals surface area (Å²) in [6, 6.07) is 4.28. The van der Waals surface area contributed by atoms with Crippen molar-refractivity contribution in [2.24, 2.45) is 0 Å². The van der Waals surface area contributed by atoms with E-state index >= 15 is 0 Å². The summed E-state index contributed by atoms with van der Waals surface area (Å²) in [5.74, 6) is 0.978. The van der Waals surface area contributed by atoms with E-state index in [1.807, 2.05) is 0 Å². The maximum Gasteiger partial charge on any atom is 0.128 e. The summed E-state index contributed by atoms with van der Waals surface area (Å²) >= 11 is 6.08. The van der Waals surface area contributed by atoms with Gasteiger partial charge in [-0.25, -0.2) is 0 Å². The van der Waals surface area contributed by atoms with Gasteiger partial charge in [0.05, 0.1) is 5.38 Å². The fourth-order valence-corrected chi connectivity index (χ4v) is 2.89. The first-order chi connectivity index (χ1) is 8.02. The second-order valence-electron chi connectivity index (χ2n) is 4.84. The molecular formula is C14H19ClO2. The van der Waals surface area contributed by atoms with Crippen molar-refractivity contribution in [3.63, 3.8) is 0 Å². The lowest BCUT2D eigenvalue weighted by Gasteiger charge is -2.40. The predicted molar refractivity (Wildman–Crippen MR) is 70.1 cm³/mol. The van der Waals surface area contributed by atoms with Crippen LogP contribution in [0.4, 0.5) is 0 Å². The molecule has 0 aromatic heterocycles. The highest BCUT2D eigenvalue weighted by Crippen LogP contribution is 2.35. The minimum atomic E-state index is 0.0109. The van der Waals surface area contributed by atoms with E-state index in [-0.39, 0.29) is 17.6 Å². The molecule has 1 fully saturated rings. The molecule has 0 saturated heterocycles. The molecule has 3 unspecified atom stereocenters. The van der Waals surface area contributed by atoms with Crippen LogP contribution in [0, 0.1) is 20.8 Å². The first-order valence-electron chi connectivity index (χ1n) is 5.94. The van der Waals surface area contributed by atoms with Crippen LogP contribution in [-0.2, 0) is 4.74 Å². The minimum Gasteiger partial charge on any atom is -0.487 e. The summed E-state index contributed by atoms with van der Waals surface area (Å²) in [4.78, 5) is 0. The fourth-order valence-electron chi connectivity index (χ4n) is 2.45. The van der Waals surface area contributed by atoms with Gasteiger partial charge in [-0.2, -0.15) is 0 Å². The summed E-state index contributed by atoms with van der Waals surface area (Å²) in [5.41, 5.74) is 3.62. The SMILES string of the molecule is COC1C(Cl)CC1Oc1c(C)cc(C)cc1C. The van der Waals surface area contributed by atoms with Gasteiger partial charge in [0.15, 0.2) is 0 Å². The van der Waals surface area contributed by atoms with Crippen LogP contribution in [0.2, 0.25) is 0 Å². The molecule has 2 nitrogen and oxygen atoms in total. The van der Waals surface area contributed by atoms with Crippen LogP contribution in [0.3, 0.4) is 0 Å². The van der Waals surface area contributed by atoms with Crippen molar-refractivity contribution < 1.29 is 9.47 Å². The zero-order valence-electron chi connectivity index (χ0n) is 10.8. The summed E-state index contributed by atoms with van der Waals surface area (Å²) in [7, 11) is 1.68. The van der Waals surface area contributed by atoms with Crippen LogP contribution in [0.15, 0.2) is 12.1 Å². The van der Waals surface area contributed by atoms with Crippen LogP contribution in [-0.4, -0.2) is 24.7 Å². The molecule has 2 rings (SSSR count). The molecule has 94 valence electrons. The van der Waals surface area contributed by atoms with Crippen LogP contribution in [0.5, 0.6) is 5.75 Å². The third-order valence-electron chi connectivity index (χ3n) is 3.33. The molecule has 1 aliphatic rings. The van der Waals surface area contributed by atoms with Gasteiger partial charge in [-0.3, -0.25) is 0 Å². The number of alkyl halides is 1. The lowest BCUT2D eigenvalue weighted by Crippen LogP contribution is -2.52. The third-order valence-corrected chi connectivity index (χ3v) is 3.75. The standard InChI is InChI=1S/C14H19ClO2/c1-8-5-9(2)13(10(3)6-8)17-12-7-11(15)14(12)16-4/h5-6,11-12,14H,7H2,1-4H3. The quantitative estimate of drug-likeness (QED) is 0.770. The molecule has 0 N–H and O–H groups in total. The summed E-state index contributed by atoms with van der Waals surface area (Å²) < 4.78 is 11.4. The molecule has 1 aliphatic carbocycles. The highest BCUT2D eigenvalue weighted by Gasteiger charge is 2.42. The van der Waals surface area contributed by atoms with Crippen LogP contribution in [0.25, 0.3) is 0 Å². The first-order valence-corrected chi connectivity index (χ1v) is 6.38. The van der Waals surface area contributed by atoms with Crippen molar-refractivity contribution in [3.05, 3.63) is 28.8 Å². The van der Waals surface area contributed by atoms with Crippen molar-refractivity contribution in [3.8, 4) is 5.75 Å². The predicted octanol–water partition coefficient (Wildman–Crippen LogP) is 3.39. The Labute approximate surface area is 108 Å². The van der Waals surface area contributed by atoms with Gasteiger partial charge in [0, 0.05) is 13.5 Å². The van der Waals surface area contributed by atoms with E-state index in [9.17, 15) is 0 Å². The van der Waals surface area contributed by atoms with E-state index < -0.39 is 0 Å². The Balaban J connectivity index is 2.14. The number of hydrogen-bond donors (Lipinski definition) is 0. The number of hydrogen-bond acceptors (Lipinski definition) is 2. The molecule has 0 bridgehead atoms. The maximum atomic E-state index is 6.08. The van der Waals surface area contributed by atoms with Crippen LogP contribution < -0.4 is 4.74 Å². The molecule has 1 aromatic rings. The normalized spacial score (nSPS) is 27.7. The van der Waals surface area contributed by atoms with Crippen molar-refractivity contribution in [1.29, 1.82) is 0 Å². The van der Waals surface area contributed by atoms with E-state index in [1.165, 1.54) is 16.7 Å². The number of methoxy groups -OCH3 is 1. The molecular weight excluding hydrogens is 236 g/mol. The van der Waals surface area contributed by atoms with Gasteiger partial charge in [0.2, 0.25) is 0 Å². The van der Waals surface area contributed by atoms with Crippen LogP contribution >= 0.6 is 11.6 Å². The van der Waals surface area contributed by atoms with Crippen molar-refractivity contribution in [2.75, 3.05) is 7.11 Å². The van der Waals surface area contributed by atoms with E-state index in [1.54, 1.807) is 7.11 Å². The van der Waals surface area contributed by atoms with Gasteiger partial charge < -0.3 is 9.47 Å². The number of benzene rings is 1. The minimum absolute atomic E-state index is 0.0109. The molecule has 0 radical (unpaired) electrons. The van der Waals surface area contributed by atoms with Gasteiger partial charge in [0.1, 0.15) is 18.0 Å². The number of rotatable bonds is 3.